The summed E-state index contributed by atoms with van der Waals surface area (Å²) in [6.45, 7) is 8.09. The molecule has 0 aliphatic heterocycles. The molecule has 1 rings (SSSR count). The minimum absolute atomic E-state index is 0.105. The van der Waals surface area contributed by atoms with E-state index in [4.69, 9.17) is 0 Å². The highest BCUT2D eigenvalue weighted by Crippen LogP contribution is 2.16. The molecule has 0 N–H and O–H groups in total. The van der Waals surface area contributed by atoms with Gasteiger partial charge < -0.3 is 0 Å². The maximum Gasteiger partial charge on any atom is 0.0954 e. The first kappa shape index (κ1) is 10.7. The quantitative estimate of drug-likeness (QED) is 0.601. The fourth-order valence-corrected chi connectivity index (χ4v) is 0.918. The molecule has 0 saturated heterocycles. The Bertz CT molecular complexity index is 366. The second-order valence-electron chi connectivity index (χ2n) is 4.28. The van der Waals surface area contributed by atoms with E-state index in [1.54, 1.807) is 0 Å². The number of hydrogen-bond acceptors (Lipinski definition) is 2. The van der Waals surface area contributed by atoms with E-state index >= 15 is 0 Å². The number of rotatable bonds is 1. The molecule has 1 aromatic carbocycles. The molecule has 0 atom stereocenters. The molecule has 0 aromatic heterocycles. The number of nitrogens with zero attached hydrogens (tertiary/aromatic N) is 2. The van der Waals surface area contributed by atoms with Crippen molar-refractivity contribution in [3.8, 4) is 0 Å². The Kier molecular flexibility index (Phi) is 3.21. The Hall–Kier alpha value is -1.40. The normalized spacial score (nSPS) is 10.6. The van der Waals surface area contributed by atoms with Crippen LogP contribution < -0.4 is 0 Å². The molecule has 0 amide bonds. The molecule has 2 heteroatoms. The van der Waals surface area contributed by atoms with Gasteiger partial charge >= 0.3 is 0 Å². The van der Waals surface area contributed by atoms with Gasteiger partial charge in [-0.25, -0.2) is 4.99 Å². The topological polar surface area (TPSA) is 24.7 Å². The van der Waals surface area contributed by atoms with Crippen LogP contribution in [0.4, 0.5) is 5.69 Å². The van der Waals surface area contributed by atoms with Crippen LogP contribution >= 0.6 is 0 Å². The molecule has 0 fully saturated rings. The van der Waals surface area contributed by atoms with Crippen molar-refractivity contribution >= 4 is 11.7 Å². The minimum Gasteiger partial charge on any atom is -0.219 e. The summed E-state index contributed by atoms with van der Waals surface area (Å²) < 4.78 is 0. The molecule has 0 aliphatic rings. The maximum atomic E-state index is 4.18. The molecule has 0 heterocycles. The number of aliphatic imine (C=N–C) groups is 2. The summed E-state index contributed by atoms with van der Waals surface area (Å²) in [6.07, 6.45) is 0. The van der Waals surface area contributed by atoms with Crippen LogP contribution in [0.15, 0.2) is 34.3 Å². The summed E-state index contributed by atoms with van der Waals surface area (Å²) in [7, 11) is 0. The van der Waals surface area contributed by atoms with E-state index in [9.17, 15) is 0 Å². The monoisotopic (exact) mass is 188 g/mol. The predicted octanol–water partition coefficient (Wildman–Crippen LogP) is 3.60. The van der Waals surface area contributed by atoms with E-state index < -0.39 is 0 Å². The zero-order valence-corrected chi connectivity index (χ0v) is 9.20. The zero-order valence-electron chi connectivity index (χ0n) is 9.20. The van der Waals surface area contributed by atoms with E-state index in [2.05, 4.69) is 16.0 Å². The summed E-state index contributed by atoms with van der Waals surface area (Å²) in [5.74, 6) is 0. The van der Waals surface area contributed by atoms with Gasteiger partial charge in [-0.1, -0.05) is 18.2 Å². The Morgan fingerprint density at radius 3 is 2.36 bits per heavy atom. The van der Waals surface area contributed by atoms with Gasteiger partial charge in [0.05, 0.1) is 17.2 Å². The molecule has 2 nitrogen and oxygen atoms in total. The van der Waals surface area contributed by atoms with Crippen molar-refractivity contribution in [3.05, 3.63) is 29.8 Å². The minimum atomic E-state index is -0.105. The Morgan fingerprint density at radius 2 is 1.79 bits per heavy atom. The van der Waals surface area contributed by atoms with Crippen molar-refractivity contribution in [2.75, 3.05) is 0 Å². The van der Waals surface area contributed by atoms with Crippen molar-refractivity contribution in [3.63, 3.8) is 0 Å². The second-order valence-corrected chi connectivity index (χ2v) is 4.28. The molecular formula is C12H16N2. The number of hydrogen-bond donors (Lipinski definition) is 0. The zero-order chi connectivity index (χ0) is 10.6. The Balaban J connectivity index is 2.90. The van der Waals surface area contributed by atoms with E-state index in [0.29, 0.717) is 0 Å². The fourth-order valence-electron chi connectivity index (χ4n) is 0.918. The number of aryl methyl sites for hydroxylation is 1. The van der Waals surface area contributed by atoms with Gasteiger partial charge in [0.1, 0.15) is 0 Å². The van der Waals surface area contributed by atoms with Crippen LogP contribution in [0.25, 0.3) is 0 Å². The van der Waals surface area contributed by atoms with Crippen LogP contribution in [0.1, 0.15) is 26.3 Å². The highest BCUT2D eigenvalue weighted by molar-refractivity contribution is 5.55. The number of para-hydroxylation sites is 1. The van der Waals surface area contributed by atoms with Gasteiger partial charge in [0, 0.05) is 0 Å². The van der Waals surface area contributed by atoms with Crippen molar-refractivity contribution < 1.29 is 0 Å². The van der Waals surface area contributed by atoms with Gasteiger partial charge in [-0.2, -0.15) is 4.99 Å². The lowest BCUT2D eigenvalue weighted by atomic mass is 10.1. The van der Waals surface area contributed by atoms with Crippen LogP contribution in [-0.2, 0) is 0 Å². The lowest BCUT2D eigenvalue weighted by Crippen LogP contribution is -2.07. The summed E-state index contributed by atoms with van der Waals surface area (Å²) >= 11 is 0. The summed E-state index contributed by atoms with van der Waals surface area (Å²) in [5.41, 5.74) is 1.97. The first-order chi connectivity index (χ1) is 6.49. The Morgan fingerprint density at radius 1 is 1.14 bits per heavy atom. The second kappa shape index (κ2) is 4.21. The van der Waals surface area contributed by atoms with Gasteiger partial charge in [0.2, 0.25) is 0 Å². The molecule has 0 radical (unpaired) electrons. The van der Waals surface area contributed by atoms with Gasteiger partial charge in [-0.15, -0.1) is 0 Å². The maximum absolute atomic E-state index is 4.18. The van der Waals surface area contributed by atoms with E-state index in [0.717, 1.165) is 11.3 Å². The van der Waals surface area contributed by atoms with Crippen LogP contribution in [0.5, 0.6) is 0 Å². The van der Waals surface area contributed by atoms with Crippen LogP contribution in [-0.4, -0.2) is 11.5 Å². The molecule has 1 aromatic rings. The third kappa shape index (κ3) is 3.55. The highest BCUT2D eigenvalue weighted by Gasteiger charge is 2.04. The molecule has 0 aliphatic carbocycles. The summed E-state index contributed by atoms with van der Waals surface area (Å²) in [4.78, 5) is 8.35. The third-order valence-electron chi connectivity index (χ3n) is 1.67. The largest absolute Gasteiger partial charge is 0.219 e. The van der Waals surface area contributed by atoms with Crippen molar-refractivity contribution in [2.24, 2.45) is 9.98 Å². The molecule has 14 heavy (non-hydrogen) atoms. The van der Waals surface area contributed by atoms with Crippen molar-refractivity contribution in [1.82, 2.24) is 0 Å². The van der Waals surface area contributed by atoms with Crippen LogP contribution in [0, 0.1) is 6.92 Å². The first-order valence-corrected chi connectivity index (χ1v) is 4.72. The standard InChI is InChI=1S/C12H16N2/c1-10-7-5-6-8-11(10)13-9-14-12(2,3)4/h5-8H,1-4H3. The molecule has 0 bridgehead atoms. The lowest BCUT2D eigenvalue weighted by molar-refractivity contribution is 0.587. The lowest BCUT2D eigenvalue weighted by Gasteiger charge is -2.06. The third-order valence-corrected chi connectivity index (χ3v) is 1.67. The first-order valence-electron chi connectivity index (χ1n) is 4.72. The van der Waals surface area contributed by atoms with E-state index in [1.807, 2.05) is 52.0 Å². The molecule has 74 valence electrons. The van der Waals surface area contributed by atoms with Gasteiger partial charge in [0.25, 0.3) is 0 Å². The molecule has 0 saturated carbocycles. The average molecular weight is 188 g/mol. The van der Waals surface area contributed by atoms with Crippen LogP contribution in [0.3, 0.4) is 0 Å². The highest BCUT2D eigenvalue weighted by atomic mass is 14.9. The van der Waals surface area contributed by atoms with Gasteiger partial charge in [0.15, 0.2) is 0 Å². The van der Waals surface area contributed by atoms with E-state index in [-0.39, 0.29) is 5.54 Å². The van der Waals surface area contributed by atoms with E-state index in [1.165, 1.54) is 0 Å². The predicted molar refractivity (Wildman–Crippen MR) is 60.5 cm³/mol. The molecule has 0 unspecified atom stereocenters. The smallest absolute Gasteiger partial charge is 0.0954 e. The molecule has 0 spiro atoms. The van der Waals surface area contributed by atoms with Crippen LogP contribution in [0.2, 0.25) is 0 Å². The average Bonchev–Trinajstić information content (AvgIpc) is 2.06. The SMILES string of the molecule is Cc1ccccc1N=C=NC(C)(C)C. The van der Waals surface area contributed by atoms with Gasteiger partial charge in [-0.05, 0) is 39.3 Å². The number of benzene rings is 1. The summed E-state index contributed by atoms with van der Waals surface area (Å²) in [5, 5.41) is 0. The van der Waals surface area contributed by atoms with Crippen molar-refractivity contribution in [1.29, 1.82) is 0 Å². The van der Waals surface area contributed by atoms with Gasteiger partial charge in [-0.3, -0.25) is 0 Å². The fraction of sp³-hybridized carbons (Fsp3) is 0.417. The Labute approximate surface area is 85.4 Å². The van der Waals surface area contributed by atoms with Crippen molar-refractivity contribution in [2.45, 2.75) is 33.2 Å². The summed E-state index contributed by atoms with van der Waals surface area (Å²) in [6, 6.07) is 10.7. The molecular weight excluding hydrogens is 172 g/mol.